The number of fused-ring (bicyclic) bond motifs is 1. The third-order valence-electron chi connectivity index (χ3n) is 4.28. The Balaban J connectivity index is 1.65. The number of halogens is 3. The summed E-state index contributed by atoms with van der Waals surface area (Å²) >= 11 is 0. The van der Waals surface area contributed by atoms with Crippen LogP contribution in [-0.4, -0.2) is 24.5 Å². The fourth-order valence-electron chi connectivity index (χ4n) is 2.76. The van der Waals surface area contributed by atoms with E-state index in [4.69, 9.17) is 4.74 Å². The molecule has 1 heterocycles. The molecule has 0 atom stereocenters. The van der Waals surface area contributed by atoms with Crippen molar-refractivity contribution in [2.75, 3.05) is 13.7 Å². The van der Waals surface area contributed by atoms with Crippen LogP contribution in [0.1, 0.15) is 21.5 Å². The van der Waals surface area contributed by atoms with Gasteiger partial charge >= 0.3 is 6.18 Å². The predicted molar refractivity (Wildman–Crippen MR) is 98.6 cm³/mol. The smallest absolute Gasteiger partial charge is 0.416 e. The second-order valence-corrected chi connectivity index (χ2v) is 6.16. The minimum Gasteiger partial charge on any atom is -0.497 e. The Labute approximate surface area is 158 Å². The summed E-state index contributed by atoms with van der Waals surface area (Å²) in [6, 6.07) is 11.0. The lowest BCUT2D eigenvalue weighted by Gasteiger charge is -2.09. The summed E-state index contributed by atoms with van der Waals surface area (Å²) in [6.07, 6.45) is -4.17. The van der Waals surface area contributed by atoms with Crippen LogP contribution in [0.2, 0.25) is 0 Å². The Hall–Kier alpha value is -3.29. The molecule has 0 bridgehead atoms. The molecule has 1 aromatic heterocycles. The molecule has 0 fully saturated rings. The van der Waals surface area contributed by atoms with Crippen molar-refractivity contribution in [2.24, 2.45) is 0 Å². The number of amides is 1. The van der Waals surface area contributed by atoms with Crippen molar-refractivity contribution in [1.29, 1.82) is 0 Å². The van der Waals surface area contributed by atoms with Gasteiger partial charge in [0.2, 0.25) is 0 Å². The summed E-state index contributed by atoms with van der Waals surface area (Å²) in [7, 11) is 1.53. The van der Waals surface area contributed by atoms with Gasteiger partial charge in [0.1, 0.15) is 5.75 Å². The van der Waals surface area contributed by atoms with Crippen molar-refractivity contribution < 1.29 is 22.7 Å². The molecule has 3 rings (SSSR count). The Morgan fingerprint density at radius 3 is 2.46 bits per heavy atom. The molecule has 146 valence electrons. The Morgan fingerprint density at radius 2 is 1.82 bits per heavy atom. The van der Waals surface area contributed by atoms with Gasteiger partial charge in [-0.3, -0.25) is 9.59 Å². The number of benzene rings is 2. The molecule has 8 heteroatoms. The summed E-state index contributed by atoms with van der Waals surface area (Å²) in [5.74, 6) is 0.121. The van der Waals surface area contributed by atoms with Crippen molar-refractivity contribution in [3.63, 3.8) is 0 Å². The molecule has 0 spiro atoms. The molecule has 0 saturated heterocycles. The normalized spacial score (nSPS) is 11.4. The van der Waals surface area contributed by atoms with Gasteiger partial charge in [0.15, 0.2) is 0 Å². The van der Waals surface area contributed by atoms with E-state index in [1.807, 2.05) is 6.07 Å². The molecule has 0 radical (unpaired) electrons. The third-order valence-corrected chi connectivity index (χ3v) is 4.28. The Bertz CT molecular complexity index is 1060. The number of nitrogens with one attached hydrogen (secondary N) is 2. The van der Waals surface area contributed by atoms with Gasteiger partial charge in [0.25, 0.3) is 11.5 Å². The zero-order valence-electron chi connectivity index (χ0n) is 14.9. The quantitative estimate of drug-likeness (QED) is 0.700. The van der Waals surface area contributed by atoms with Crippen LogP contribution in [0.15, 0.2) is 53.3 Å². The highest BCUT2D eigenvalue weighted by atomic mass is 19.4. The molecule has 0 unspecified atom stereocenters. The van der Waals surface area contributed by atoms with Gasteiger partial charge < -0.3 is 15.0 Å². The summed E-state index contributed by atoms with van der Waals surface area (Å²) in [6.45, 7) is 0.171. The number of H-pyrrole nitrogens is 1. The standard InChI is InChI=1S/C20H17F3N2O3/c1-28-16-7-4-13-10-14(19(27)25-17(13)11-16)8-9-24-18(26)12-2-5-15(6-3-12)20(21,22)23/h2-7,10-11H,8-9H2,1H3,(H,24,26)(H,25,27). The number of pyridine rings is 1. The van der Waals surface area contributed by atoms with E-state index in [0.717, 1.165) is 29.7 Å². The number of methoxy groups -OCH3 is 1. The average Bonchev–Trinajstić information content (AvgIpc) is 2.67. The number of ether oxygens (including phenoxy) is 1. The van der Waals surface area contributed by atoms with Gasteiger partial charge in [-0.05, 0) is 54.3 Å². The predicted octanol–water partition coefficient (Wildman–Crippen LogP) is 3.53. The number of rotatable bonds is 5. The monoisotopic (exact) mass is 390 g/mol. The van der Waals surface area contributed by atoms with Crippen LogP contribution in [0.4, 0.5) is 13.2 Å². The SMILES string of the molecule is COc1ccc2cc(CCNC(=O)c3ccc(C(F)(F)F)cc3)c(=O)[nH]c2c1. The van der Waals surface area contributed by atoms with Crippen molar-refractivity contribution >= 4 is 16.8 Å². The van der Waals surface area contributed by atoms with Gasteiger partial charge in [-0.15, -0.1) is 0 Å². The maximum atomic E-state index is 12.6. The van der Waals surface area contributed by atoms with Crippen molar-refractivity contribution in [2.45, 2.75) is 12.6 Å². The molecule has 5 nitrogen and oxygen atoms in total. The van der Waals surface area contributed by atoms with Crippen LogP contribution < -0.4 is 15.6 Å². The van der Waals surface area contributed by atoms with Crippen LogP contribution in [0.25, 0.3) is 10.9 Å². The Morgan fingerprint density at radius 1 is 1.11 bits per heavy atom. The molecule has 0 aliphatic heterocycles. The van der Waals surface area contributed by atoms with E-state index in [1.54, 1.807) is 18.2 Å². The summed E-state index contributed by atoms with van der Waals surface area (Å²) in [5.41, 5.74) is 0.160. The van der Waals surface area contributed by atoms with Gasteiger partial charge in [-0.1, -0.05) is 0 Å². The van der Waals surface area contributed by atoms with Gasteiger partial charge in [-0.25, -0.2) is 0 Å². The second-order valence-electron chi connectivity index (χ2n) is 6.16. The van der Waals surface area contributed by atoms with Crippen LogP contribution in [0.3, 0.4) is 0 Å². The van der Waals surface area contributed by atoms with E-state index >= 15 is 0 Å². The maximum absolute atomic E-state index is 12.6. The molecule has 0 aliphatic rings. The number of hydrogen-bond donors (Lipinski definition) is 2. The van der Waals surface area contributed by atoms with E-state index in [-0.39, 0.29) is 24.1 Å². The average molecular weight is 390 g/mol. The zero-order valence-corrected chi connectivity index (χ0v) is 14.9. The first-order valence-corrected chi connectivity index (χ1v) is 8.43. The van der Waals surface area contributed by atoms with E-state index in [1.165, 1.54) is 7.11 Å². The molecule has 2 aromatic carbocycles. The molecule has 1 amide bonds. The first kappa shape index (κ1) is 19.5. The molecule has 28 heavy (non-hydrogen) atoms. The Kier molecular flexibility index (Phi) is 5.39. The maximum Gasteiger partial charge on any atom is 0.416 e. The lowest BCUT2D eigenvalue weighted by molar-refractivity contribution is -0.137. The van der Waals surface area contributed by atoms with Crippen LogP contribution in [0.5, 0.6) is 5.75 Å². The van der Waals surface area contributed by atoms with Crippen LogP contribution in [-0.2, 0) is 12.6 Å². The lowest BCUT2D eigenvalue weighted by Crippen LogP contribution is -2.27. The van der Waals surface area contributed by atoms with Crippen LogP contribution >= 0.6 is 0 Å². The van der Waals surface area contributed by atoms with Gasteiger partial charge in [0.05, 0.1) is 18.2 Å². The molecule has 2 N–H and O–H groups in total. The highest BCUT2D eigenvalue weighted by Crippen LogP contribution is 2.29. The number of alkyl halides is 3. The van der Waals surface area contributed by atoms with E-state index in [9.17, 15) is 22.8 Å². The van der Waals surface area contributed by atoms with Crippen molar-refractivity contribution in [3.8, 4) is 5.75 Å². The number of aromatic amines is 1. The van der Waals surface area contributed by atoms with Gasteiger partial charge in [0, 0.05) is 23.7 Å². The molecule has 0 aliphatic carbocycles. The molecule has 3 aromatic rings. The zero-order chi connectivity index (χ0) is 20.3. The molecular weight excluding hydrogens is 373 g/mol. The first-order valence-electron chi connectivity index (χ1n) is 8.43. The summed E-state index contributed by atoms with van der Waals surface area (Å²) in [5, 5.41) is 3.43. The highest BCUT2D eigenvalue weighted by Gasteiger charge is 2.30. The fraction of sp³-hybridized carbons (Fsp3) is 0.200. The van der Waals surface area contributed by atoms with E-state index in [0.29, 0.717) is 16.8 Å². The van der Waals surface area contributed by atoms with Gasteiger partial charge in [-0.2, -0.15) is 13.2 Å². The number of aromatic nitrogens is 1. The fourth-order valence-corrected chi connectivity index (χ4v) is 2.76. The highest BCUT2D eigenvalue weighted by molar-refractivity contribution is 5.94. The van der Waals surface area contributed by atoms with E-state index in [2.05, 4.69) is 10.3 Å². The summed E-state index contributed by atoms with van der Waals surface area (Å²) in [4.78, 5) is 27.0. The first-order chi connectivity index (χ1) is 13.3. The topological polar surface area (TPSA) is 71.2 Å². The number of carbonyl (C=O) groups is 1. The molecular formula is C20H17F3N2O3. The largest absolute Gasteiger partial charge is 0.497 e. The van der Waals surface area contributed by atoms with Crippen LogP contribution in [0, 0.1) is 0 Å². The molecule has 0 saturated carbocycles. The third kappa shape index (κ3) is 4.33. The minimum atomic E-state index is -4.45. The van der Waals surface area contributed by atoms with E-state index < -0.39 is 17.6 Å². The van der Waals surface area contributed by atoms with Crippen molar-refractivity contribution in [1.82, 2.24) is 10.3 Å². The minimum absolute atomic E-state index is 0.118. The number of carbonyl (C=O) groups excluding carboxylic acids is 1. The number of hydrogen-bond acceptors (Lipinski definition) is 3. The lowest BCUT2D eigenvalue weighted by atomic mass is 10.1. The summed E-state index contributed by atoms with van der Waals surface area (Å²) < 4.78 is 42.8. The second kappa shape index (κ2) is 7.75. The van der Waals surface area contributed by atoms with Crippen molar-refractivity contribution in [3.05, 3.63) is 75.6 Å².